The van der Waals surface area contributed by atoms with Crippen LogP contribution in [0.4, 0.5) is 17.5 Å². The Labute approximate surface area is 138 Å². The van der Waals surface area contributed by atoms with Gasteiger partial charge in [-0.15, -0.1) is 0 Å². The first kappa shape index (κ1) is 15.4. The average Bonchev–Trinajstić information content (AvgIpc) is 2.57. The number of hydrogen-bond donors (Lipinski definition) is 2. The summed E-state index contributed by atoms with van der Waals surface area (Å²) in [5.74, 6) is 1.04. The number of hydrogen-bond acceptors (Lipinski definition) is 7. The maximum Gasteiger partial charge on any atom is 0.226 e. The van der Waals surface area contributed by atoms with Gasteiger partial charge in [0.05, 0.1) is 6.61 Å². The third-order valence-corrected chi connectivity index (χ3v) is 3.28. The highest BCUT2D eigenvalue weighted by Gasteiger charge is 2.10. The van der Waals surface area contributed by atoms with Crippen LogP contribution in [0.15, 0.2) is 36.7 Å². The normalized spacial score (nSPS) is 10.7. The SMILES string of the molecule is COCCNc1nc(Nc2ccc(Cl)cc2)c2nccnc2n1. The molecule has 0 radical (unpaired) electrons. The number of halogens is 1. The maximum absolute atomic E-state index is 5.91. The largest absolute Gasteiger partial charge is 0.383 e. The van der Waals surface area contributed by atoms with Crippen LogP contribution in [-0.4, -0.2) is 40.2 Å². The highest BCUT2D eigenvalue weighted by atomic mass is 35.5. The van der Waals surface area contributed by atoms with Crippen LogP contribution < -0.4 is 10.6 Å². The van der Waals surface area contributed by atoms with Crippen molar-refractivity contribution in [3.8, 4) is 0 Å². The van der Waals surface area contributed by atoms with Crippen molar-refractivity contribution in [3.63, 3.8) is 0 Å². The summed E-state index contributed by atoms with van der Waals surface area (Å²) in [6.45, 7) is 1.16. The summed E-state index contributed by atoms with van der Waals surface area (Å²) < 4.78 is 5.01. The predicted octanol–water partition coefficient (Wildman–Crippen LogP) is 2.88. The third kappa shape index (κ3) is 3.82. The predicted molar refractivity (Wildman–Crippen MR) is 90.2 cm³/mol. The van der Waals surface area contributed by atoms with Crippen LogP contribution in [0.3, 0.4) is 0 Å². The number of aromatic nitrogens is 4. The number of nitrogens with zero attached hydrogens (tertiary/aromatic N) is 4. The third-order valence-electron chi connectivity index (χ3n) is 3.03. The first-order valence-electron chi connectivity index (χ1n) is 7.00. The van der Waals surface area contributed by atoms with Gasteiger partial charge in [-0.25, -0.2) is 9.97 Å². The second-order valence-electron chi connectivity index (χ2n) is 4.68. The summed E-state index contributed by atoms with van der Waals surface area (Å²) in [6, 6.07) is 7.34. The minimum Gasteiger partial charge on any atom is -0.383 e. The quantitative estimate of drug-likeness (QED) is 0.672. The molecular weight excluding hydrogens is 316 g/mol. The van der Waals surface area contributed by atoms with Gasteiger partial charge in [0.25, 0.3) is 0 Å². The van der Waals surface area contributed by atoms with Crippen molar-refractivity contribution >= 4 is 40.2 Å². The Balaban J connectivity index is 1.94. The fraction of sp³-hybridized carbons (Fsp3) is 0.200. The molecule has 0 spiro atoms. The van der Waals surface area contributed by atoms with Gasteiger partial charge in [0.2, 0.25) is 5.95 Å². The second-order valence-corrected chi connectivity index (χ2v) is 5.11. The zero-order chi connectivity index (χ0) is 16.1. The molecule has 0 atom stereocenters. The maximum atomic E-state index is 5.91. The molecule has 0 aliphatic carbocycles. The molecule has 0 saturated heterocycles. The van der Waals surface area contributed by atoms with E-state index in [-0.39, 0.29) is 0 Å². The standard InChI is InChI=1S/C15H15ClN6O/c1-23-9-8-19-15-21-13-12(17-6-7-18-13)14(22-15)20-11-4-2-10(16)3-5-11/h2-7H,8-9H2,1H3,(H2,18,19,20,21,22). The van der Waals surface area contributed by atoms with E-state index in [0.29, 0.717) is 41.1 Å². The van der Waals surface area contributed by atoms with Crippen LogP contribution in [0, 0.1) is 0 Å². The van der Waals surface area contributed by atoms with Crippen molar-refractivity contribution in [1.29, 1.82) is 0 Å². The van der Waals surface area contributed by atoms with Crippen LogP contribution in [0.25, 0.3) is 11.2 Å². The van der Waals surface area contributed by atoms with Crippen molar-refractivity contribution in [2.24, 2.45) is 0 Å². The van der Waals surface area contributed by atoms with E-state index in [1.165, 1.54) is 0 Å². The highest BCUT2D eigenvalue weighted by molar-refractivity contribution is 6.30. The Morgan fingerprint density at radius 2 is 1.87 bits per heavy atom. The summed E-state index contributed by atoms with van der Waals surface area (Å²) >= 11 is 5.91. The number of anilines is 3. The smallest absolute Gasteiger partial charge is 0.226 e. The van der Waals surface area contributed by atoms with Crippen molar-refractivity contribution in [2.75, 3.05) is 30.9 Å². The van der Waals surface area contributed by atoms with Crippen LogP contribution in [-0.2, 0) is 4.74 Å². The number of fused-ring (bicyclic) bond motifs is 1. The lowest BCUT2D eigenvalue weighted by Crippen LogP contribution is -2.11. The van der Waals surface area contributed by atoms with Crippen LogP contribution in [0.1, 0.15) is 0 Å². The lowest BCUT2D eigenvalue weighted by molar-refractivity contribution is 0.210. The van der Waals surface area contributed by atoms with E-state index in [1.54, 1.807) is 31.6 Å². The topological polar surface area (TPSA) is 84.9 Å². The fourth-order valence-corrected chi connectivity index (χ4v) is 2.09. The minimum atomic E-state index is 0.464. The van der Waals surface area contributed by atoms with E-state index in [1.807, 2.05) is 12.1 Å². The van der Waals surface area contributed by atoms with E-state index >= 15 is 0 Å². The molecule has 2 heterocycles. The van der Waals surface area contributed by atoms with Crippen molar-refractivity contribution < 1.29 is 4.74 Å². The summed E-state index contributed by atoms with van der Waals surface area (Å²) in [5.41, 5.74) is 1.96. The fourth-order valence-electron chi connectivity index (χ4n) is 1.96. The molecule has 8 heteroatoms. The van der Waals surface area contributed by atoms with Crippen molar-refractivity contribution in [3.05, 3.63) is 41.7 Å². The monoisotopic (exact) mass is 330 g/mol. The zero-order valence-corrected chi connectivity index (χ0v) is 13.2. The number of rotatable bonds is 6. The number of benzene rings is 1. The van der Waals surface area contributed by atoms with Gasteiger partial charge in [-0.3, -0.25) is 0 Å². The van der Waals surface area contributed by atoms with Gasteiger partial charge in [0.15, 0.2) is 17.0 Å². The van der Waals surface area contributed by atoms with E-state index in [4.69, 9.17) is 16.3 Å². The average molecular weight is 331 g/mol. The summed E-state index contributed by atoms with van der Waals surface area (Å²) in [5, 5.41) is 6.99. The van der Waals surface area contributed by atoms with Crippen LogP contribution >= 0.6 is 11.6 Å². The minimum absolute atomic E-state index is 0.464. The molecule has 0 bridgehead atoms. The molecule has 1 aromatic carbocycles. The summed E-state index contributed by atoms with van der Waals surface area (Å²) in [7, 11) is 1.64. The van der Waals surface area contributed by atoms with E-state index < -0.39 is 0 Å². The summed E-state index contributed by atoms with van der Waals surface area (Å²) in [6.07, 6.45) is 3.21. The Bertz CT molecular complexity index is 796. The summed E-state index contributed by atoms with van der Waals surface area (Å²) in [4.78, 5) is 17.4. The van der Waals surface area contributed by atoms with Crippen LogP contribution in [0.2, 0.25) is 5.02 Å². The number of nitrogens with one attached hydrogen (secondary N) is 2. The Morgan fingerprint density at radius 1 is 1.09 bits per heavy atom. The molecule has 2 N–H and O–H groups in total. The van der Waals surface area contributed by atoms with Gasteiger partial charge in [-0.2, -0.15) is 9.97 Å². The van der Waals surface area contributed by atoms with Gasteiger partial charge in [0.1, 0.15) is 0 Å². The molecule has 0 amide bonds. The van der Waals surface area contributed by atoms with Gasteiger partial charge < -0.3 is 15.4 Å². The van der Waals surface area contributed by atoms with E-state index in [9.17, 15) is 0 Å². The molecule has 0 aliphatic rings. The van der Waals surface area contributed by atoms with Gasteiger partial charge in [-0.1, -0.05) is 11.6 Å². The molecule has 23 heavy (non-hydrogen) atoms. The molecule has 7 nitrogen and oxygen atoms in total. The first-order chi connectivity index (χ1) is 11.3. The number of methoxy groups -OCH3 is 1. The van der Waals surface area contributed by atoms with Crippen molar-refractivity contribution in [2.45, 2.75) is 0 Å². The number of ether oxygens (including phenoxy) is 1. The van der Waals surface area contributed by atoms with Gasteiger partial charge >= 0.3 is 0 Å². The van der Waals surface area contributed by atoms with E-state index in [0.717, 1.165) is 5.69 Å². The lowest BCUT2D eigenvalue weighted by Gasteiger charge is -2.10. The van der Waals surface area contributed by atoms with Gasteiger partial charge in [-0.05, 0) is 24.3 Å². The molecular formula is C15H15ClN6O. The molecule has 0 fully saturated rings. The Morgan fingerprint density at radius 3 is 2.65 bits per heavy atom. The molecule has 3 aromatic rings. The zero-order valence-electron chi connectivity index (χ0n) is 12.5. The highest BCUT2D eigenvalue weighted by Crippen LogP contribution is 2.23. The molecule has 0 unspecified atom stereocenters. The molecule has 118 valence electrons. The second kappa shape index (κ2) is 7.17. The van der Waals surface area contributed by atoms with E-state index in [2.05, 4.69) is 30.6 Å². The van der Waals surface area contributed by atoms with Crippen molar-refractivity contribution in [1.82, 2.24) is 19.9 Å². The Hall–Kier alpha value is -2.51. The first-order valence-corrected chi connectivity index (χ1v) is 7.38. The van der Waals surface area contributed by atoms with Gasteiger partial charge in [0, 0.05) is 36.8 Å². The molecule has 3 rings (SSSR count). The van der Waals surface area contributed by atoms with Crippen LogP contribution in [0.5, 0.6) is 0 Å². The molecule has 0 saturated carbocycles. The Kier molecular flexibility index (Phi) is 4.80. The molecule has 2 aromatic heterocycles. The lowest BCUT2D eigenvalue weighted by atomic mass is 10.3. The molecule has 0 aliphatic heterocycles.